The molecule has 460 valence electrons. The zero-order chi connectivity index (χ0) is 63.6. The number of benzene rings is 6. The molecule has 0 saturated heterocycles. The number of H-pyrrole nitrogens is 2. The normalized spacial score (nSPS) is 12.2. The van der Waals surface area contributed by atoms with Crippen molar-refractivity contribution in [3.63, 3.8) is 0 Å². The van der Waals surface area contributed by atoms with E-state index in [2.05, 4.69) is 199 Å². The minimum atomic E-state index is -0.552. The fourth-order valence-electron chi connectivity index (χ4n) is 12.9. The van der Waals surface area contributed by atoms with Gasteiger partial charge in [0.1, 0.15) is 6.61 Å². The minimum absolute atomic E-state index is 0. The molecular weight excluding hydrogens is 1220 g/mol. The van der Waals surface area contributed by atoms with Gasteiger partial charge in [-0.25, -0.2) is 24.7 Å². The fourth-order valence-corrected chi connectivity index (χ4v) is 12.9. The van der Waals surface area contributed by atoms with Gasteiger partial charge < -0.3 is 24.7 Å². The number of aromatic amines is 2. The van der Waals surface area contributed by atoms with Gasteiger partial charge in [-0.2, -0.15) is 0 Å². The molecule has 11 heteroatoms. The van der Waals surface area contributed by atoms with Gasteiger partial charge in [0.25, 0.3) is 0 Å². The maximum Gasteiger partial charge on any atom is 2.00 e. The zero-order valence-electron chi connectivity index (χ0n) is 51.8. The van der Waals surface area contributed by atoms with Crippen molar-refractivity contribution in [2.75, 3.05) is 6.61 Å². The molecular formula is C85H58N8NiO2. The first-order chi connectivity index (χ1) is 46.9. The predicted octanol–water partition coefficient (Wildman–Crippen LogP) is 19.8. The summed E-state index contributed by atoms with van der Waals surface area (Å²) in [6.45, 7) is 4.30. The van der Waals surface area contributed by atoms with Crippen molar-refractivity contribution in [1.82, 2.24) is 39.9 Å². The van der Waals surface area contributed by atoms with Gasteiger partial charge >= 0.3 is 22.5 Å². The molecule has 0 fully saturated rings. The maximum atomic E-state index is 14.0. The van der Waals surface area contributed by atoms with E-state index in [0.717, 1.165) is 151 Å². The second-order valence-electron chi connectivity index (χ2n) is 23.4. The fraction of sp³-hybridized carbons (Fsp3) is 0.0235. The van der Waals surface area contributed by atoms with Crippen molar-refractivity contribution in [3.05, 3.63) is 318 Å². The van der Waals surface area contributed by atoms with Gasteiger partial charge in [0.2, 0.25) is 0 Å². The molecule has 0 spiro atoms. The molecule has 0 atom stereocenters. The topological polar surface area (TPSA) is 138 Å². The summed E-state index contributed by atoms with van der Waals surface area (Å²) in [7, 11) is 0. The van der Waals surface area contributed by atoms with Crippen molar-refractivity contribution in [3.8, 4) is 66.8 Å². The monoisotopic (exact) mass is 1280 g/mol. The molecule has 2 N–H and O–H groups in total. The third kappa shape index (κ3) is 11.9. The third-order valence-electron chi connectivity index (χ3n) is 17.3. The van der Waals surface area contributed by atoms with E-state index in [1.807, 2.05) is 109 Å². The number of rotatable bonds is 13. The number of hydrogen-bond acceptors (Lipinski definition) is 6. The van der Waals surface area contributed by atoms with Crippen LogP contribution >= 0.6 is 0 Å². The van der Waals surface area contributed by atoms with Gasteiger partial charge in [-0.1, -0.05) is 225 Å². The van der Waals surface area contributed by atoms with E-state index in [1.54, 1.807) is 6.08 Å². The van der Waals surface area contributed by atoms with E-state index in [4.69, 9.17) is 34.6 Å². The Labute approximate surface area is 564 Å². The van der Waals surface area contributed by atoms with E-state index in [9.17, 15) is 4.79 Å². The molecule has 16 bridgehead atoms. The first-order valence-corrected chi connectivity index (χ1v) is 31.6. The summed E-state index contributed by atoms with van der Waals surface area (Å²) in [6, 6.07) is 78.5. The Kier molecular flexibility index (Phi) is 16.5. The summed E-state index contributed by atoms with van der Waals surface area (Å²) in [6.07, 6.45) is 24.1. The number of aromatic nitrogens is 8. The molecule has 0 saturated carbocycles. The van der Waals surface area contributed by atoms with Crippen molar-refractivity contribution in [2.45, 2.75) is 6.42 Å². The van der Waals surface area contributed by atoms with Crippen LogP contribution < -0.4 is 9.97 Å². The quantitative estimate of drug-likeness (QED) is 0.0504. The summed E-state index contributed by atoms with van der Waals surface area (Å²) in [4.78, 5) is 53.9. The van der Waals surface area contributed by atoms with Crippen LogP contribution in [0.2, 0.25) is 0 Å². The van der Waals surface area contributed by atoms with Crippen LogP contribution in [-0.2, 0) is 32.4 Å². The first kappa shape index (κ1) is 60.0. The van der Waals surface area contributed by atoms with E-state index < -0.39 is 5.97 Å². The largest absolute Gasteiger partial charge is 2.00 e. The molecule has 4 aliphatic heterocycles. The van der Waals surface area contributed by atoms with Gasteiger partial charge in [-0.15, -0.1) is 22.1 Å². The predicted molar refractivity (Wildman–Crippen MR) is 390 cm³/mol. The molecule has 0 amide bonds. The molecule has 6 aromatic heterocycles. The molecule has 4 aliphatic rings. The summed E-state index contributed by atoms with van der Waals surface area (Å²) < 4.78 is 5.97. The molecule has 12 aromatic rings. The Hall–Kier alpha value is -12.3. The summed E-state index contributed by atoms with van der Waals surface area (Å²) in [5.74, 6) is -0.552. The Bertz CT molecular complexity index is 5510. The zero-order valence-corrected chi connectivity index (χ0v) is 52.8. The standard InChI is InChI=1S/C85H59N8O2.Ni/c1-54(21-20-34-61-63-36-40-67(86-63)80(55-22-8-2-9-23-55)71-44-48-75(90-71)84(59-30-16-6-17-31-59)76-49-45-72(91-76)81(56-24-10-3-11-25-56)68-41-37-64(61)87-68)53-95-79(94)52-35-62-65-38-42-69(88-65)82(57-26-12-4-13-27-57)73-46-50-77(92-73)85(60-32-18-7-19-33-60)78-51-47-74(93-78)83(58-28-14-5-15-29-58)70-43-39-66(62)89-70;/h2-33,35-52H,1,34,53H2,(H3-,86,87,88,89,90,91,92,93,94);/q-1;+2/p-1/b21-20+,63-61?,64-61?,65-62?,66-62?,80-67?,80-71?,81-68?,81-72?,82-69?,82-73?,83-70?,83-74?,84-75?,84-76?,85-77?,85-78?;. The van der Waals surface area contributed by atoms with Crippen LogP contribution in [0.1, 0.15) is 56.7 Å². The van der Waals surface area contributed by atoms with Crippen molar-refractivity contribution < 1.29 is 26.0 Å². The van der Waals surface area contributed by atoms with Crippen molar-refractivity contribution in [1.29, 1.82) is 0 Å². The number of nitrogens with one attached hydrogen (secondary N) is 2. The Balaban J connectivity index is 0.00000756. The van der Waals surface area contributed by atoms with E-state index >= 15 is 0 Å². The van der Waals surface area contributed by atoms with Crippen molar-refractivity contribution >= 4 is 105 Å². The molecule has 96 heavy (non-hydrogen) atoms. The van der Waals surface area contributed by atoms with E-state index in [1.165, 1.54) is 6.08 Å². The molecule has 10 nitrogen and oxygen atoms in total. The average molecular weight is 1280 g/mol. The number of ether oxygens (including phenoxy) is 1. The van der Waals surface area contributed by atoms with Crippen LogP contribution in [0.15, 0.2) is 261 Å². The summed E-state index contributed by atoms with van der Waals surface area (Å²) in [5.41, 5.74) is 26.6. The number of fused-ring (bicyclic) bond motifs is 16. The Morgan fingerprint density at radius 3 is 1.09 bits per heavy atom. The number of allylic oxidation sites excluding steroid dienone is 1. The molecule has 0 aliphatic carbocycles. The Morgan fingerprint density at radius 1 is 0.365 bits per heavy atom. The van der Waals surface area contributed by atoms with E-state index in [-0.39, 0.29) is 23.1 Å². The van der Waals surface area contributed by atoms with Gasteiger partial charge in [-0.3, -0.25) is 0 Å². The minimum Gasteiger partial charge on any atom is -0.657 e. The van der Waals surface area contributed by atoms with Gasteiger partial charge in [0.15, 0.2) is 0 Å². The van der Waals surface area contributed by atoms with Crippen LogP contribution in [0.25, 0.3) is 166 Å². The summed E-state index contributed by atoms with van der Waals surface area (Å²) >= 11 is 0. The van der Waals surface area contributed by atoms with Gasteiger partial charge in [0.05, 0.1) is 45.6 Å². The molecule has 6 aromatic carbocycles. The Morgan fingerprint density at radius 2 is 0.677 bits per heavy atom. The van der Waals surface area contributed by atoms with Crippen LogP contribution in [-0.4, -0.2) is 42.5 Å². The van der Waals surface area contributed by atoms with E-state index in [0.29, 0.717) is 28.8 Å². The molecule has 0 unspecified atom stereocenters. The van der Waals surface area contributed by atoms with Crippen LogP contribution in [0.4, 0.5) is 0 Å². The second-order valence-corrected chi connectivity index (χ2v) is 23.4. The molecule has 16 rings (SSSR count). The number of nitrogens with zero attached hydrogens (tertiary/aromatic N) is 6. The van der Waals surface area contributed by atoms with Crippen LogP contribution in [0.5, 0.6) is 0 Å². The van der Waals surface area contributed by atoms with Gasteiger partial charge in [-0.05, 0) is 147 Å². The molecule has 0 radical (unpaired) electrons. The number of esters is 1. The average Bonchev–Trinajstić information content (AvgIpc) is 1.63. The third-order valence-corrected chi connectivity index (χ3v) is 17.3. The van der Waals surface area contributed by atoms with Gasteiger partial charge in [0, 0.05) is 50.4 Å². The number of carbonyl (C=O) groups is 1. The number of carbonyl (C=O) groups excluding carboxylic acids is 1. The first-order valence-electron chi connectivity index (χ1n) is 31.6. The van der Waals surface area contributed by atoms with Crippen LogP contribution in [0.3, 0.4) is 0 Å². The second kappa shape index (κ2) is 26.4. The number of hydrogen-bond donors (Lipinski definition) is 2. The molecule has 10 heterocycles. The smallest absolute Gasteiger partial charge is 0.657 e. The SMILES string of the molecule is C=C(/C=C/Cc1c2nc(c(-c3ccccc3)c3ccc([nH]3)c(-c3ccccc3)c3nc(c(-c4ccccc4)c4ccc1[nH]4)C=C3)C=C2)COC(=O)/C=C/c1c2nc(c(-c3ccccc3)c3ccc([n-]3)c(-c3ccccc3)c3nc(c(-c4ccccc4)c4ccc1[n-]4)C=C3)C=C2.[Ni+2]. The summed E-state index contributed by atoms with van der Waals surface area (Å²) in [5, 5.41) is 0. The van der Waals surface area contributed by atoms with Crippen molar-refractivity contribution in [2.24, 2.45) is 0 Å². The van der Waals surface area contributed by atoms with Crippen LogP contribution in [0, 0.1) is 0 Å². The maximum absolute atomic E-state index is 14.0.